The third-order valence-electron chi connectivity index (χ3n) is 8.34. The molecule has 0 bridgehead atoms. The van der Waals surface area contributed by atoms with Crippen LogP contribution in [-0.2, 0) is 43.4 Å². The van der Waals surface area contributed by atoms with E-state index in [1.807, 2.05) is 48.5 Å². The molecule has 0 radical (unpaired) electrons. The Hall–Kier alpha value is -5.07. The monoisotopic (exact) mass is 688 g/mol. The summed E-state index contributed by atoms with van der Waals surface area (Å²) in [6.07, 6.45) is -2.17. The van der Waals surface area contributed by atoms with Crippen molar-refractivity contribution in [1.82, 2.24) is 15.5 Å². The number of ether oxygens (including phenoxy) is 1. The van der Waals surface area contributed by atoms with Gasteiger partial charge in [-0.1, -0.05) is 105 Å². The molecule has 6 N–H and O–H groups in total. The highest BCUT2D eigenvalue weighted by Gasteiger charge is 2.37. The number of amides is 4. The molecule has 12 nitrogen and oxygen atoms in total. The SMILES string of the molecule is CC(C)[C@@H](NC(=O)C(Cc1ccccc1)C[C@H](O)[C@H](Cc1ccccc1)NC(=O)[C@H](C)N(C(=O)OCc1ccccc1)C(=O)[C@H](C)N)C(=O)O. The minimum atomic E-state index is -1.38. The van der Waals surface area contributed by atoms with Crippen LogP contribution in [0.5, 0.6) is 0 Å². The Morgan fingerprint density at radius 3 is 1.72 bits per heavy atom. The topological polar surface area (TPSA) is 188 Å². The average molecular weight is 689 g/mol. The number of aliphatic hydroxyl groups excluding tert-OH is 1. The standard InChI is InChI=1S/C38H48N4O8/c1-24(2)33(37(47)48)41-35(45)30(20-27-14-8-5-9-15-27)22-32(43)31(21-28-16-10-6-11-17-28)40-34(44)26(4)42(36(46)25(3)39)38(49)50-23-29-18-12-7-13-19-29/h5-19,24-26,30-33,43H,20-23,39H2,1-4H3,(H,40,44)(H,41,45)(H,47,48)/t25-,26-,30?,31-,32-,33+/m0/s1. The molecular formula is C38H48N4O8. The zero-order valence-electron chi connectivity index (χ0n) is 28.9. The maximum atomic E-state index is 13.8. The highest BCUT2D eigenvalue weighted by atomic mass is 16.6. The summed E-state index contributed by atoms with van der Waals surface area (Å²) in [4.78, 5) is 66.3. The molecule has 0 saturated heterocycles. The van der Waals surface area contributed by atoms with Crippen molar-refractivity contribution in [3.05, 3.63) is 108 Å². The minimum Gasteiger partial charge on any atom is -0.480 e. The second kappa shape index (κ2) is 19.2. The largest absolute Gasteiger partial charge is 0.480 e. The number of hydrogen-bond acceptors (Lipinski definition) is 8. The number of benzene rings is 3. The number of hydrogen-bond donors (Lipinski definition) is 5. The van der Waals surface area contributed by atoms with Gasteiger partial charge in [-0.3, -0.25) is 14.4 Å². The molecule has 3 aromatic rings. The van der Waals surface area contributed by atoms with Crippen LogP contribution in [0.25, 0.3) is 0 Å². The lowest BCUT2D eigenvalue weighted by Crippen LogP contribution is -2.57. The van der Waals surface area contributed by atoms with Crippen LogP contribution >= 0.6 is 0 Å². The molecule has 0 spiro atoms. The summed E-state index contributed by atoms with van der Waals surface area (Å²) in [5.74, 6) is -4.59. The molecule has 0 heterocycles. The Morgan fingerprint density at radius 2 is 1.24 bits per heavy atom. The third-order valence-corrected chi connectivity index (χ3v) is 8.34. The third kappa shape index (κ3) is 11.8. The van der Waals surface area contributed by atoms with Crippen LogP contribution in [0.15, 0.2) is 91.0 Å². The number of rotatable bonds is 17. The number of aliphatic carboxylic acids is 1. The fraction of sp³-hybridized carbons (Fsp3) is 0.395. The fourth-order valence-electron chi connectivity index (χ4n) is 5.44. The lowest BCUT2D eigenvalue weighted by Gasteiger charge is -2.32. The number of carbonyl (C=O) groups is 5. The van der Waals surface area contributed by atoms with Crippen molar-refractivity contribution in [2.24, 2.45) is 17.6 Å². The molecule has 0 saturated carbocycles. The van der Waals surface area contributed by atoms with Gasteiger partial charge >= 0.3 is 12.1 Å². The number of carboxylic acids is 1. The van der Waals surface area contributed by atoms with E-state index in [1.54, 1.807) is 56.3 Å². The minimum absolute atomic E-state index is 0.140. The molecule has 3 aromatic carbocycles. The highest BCUT2D eigenvalue weighted by molar-refractivity contribution is 5.99. The second-order valence-electron chi connectivity index (χ2n) is 12.8. The maximum absolute atomic E-state index is 13.8. The van der Waals surface area contributed by atoms with Crippen molar-refractivity contribution >= 4 is 29.8 Å². The van der Waals surface area contributed by atoms with Gasteiger partial charge in [-0.25, -0.2) is 14.5 Å². The first-order valence-electron chi connectivity index (χ1n) is 16.7. The summed E-state index contributed by atoms with van der Waals surface area (Å²) in [6.45, 7) is 5.97. The average Bonchev–Trinajstić information content (AvgIpc) is 3.09. The fourth-order valence-corrected chi connectivity index (χ4v) is 5.44. The van der Waals surface area contributed by atoms with Gasteiger partial charge in [-0.2, -0.15) is 0 Å². The maximum Gasteiger partial charge on any atom is 0.417 e. The predicted molar refractivity (Wildman–Crippen MR) is 187 cm³/mol. The summed E-state index contributed by atoms with van der Waals surface area (Å²) in [5.41, 5.74) is 8.09. The molecule has 268 valence electrons. The Balaban J connectivity index is 1.88. The Kier molecular flexibility index (Phi) is 15.1. The van der Waals surface area contributed by atoms with Crippen LogP contribution in [0.1, 0.15) is 50.8 Å². The number of carboxylic acid groups (broad SMARTS) is 1. The van der Waals surface area contributed by atoms with E-state index in [0.29, 0.717) is 10.5 Å². The van der Waals surface area contributed by atoms with Crippen LogP contribution < -0.4 is 16.4 Å². The first-order chi connectivity index (χ1) is 23.8. The van der Waals surface area contributed by atoms with E-state index in [4.69, 9.17) is 10.5 Å². The molecule has 6 atom stereocenters. The second-order valence-corrected chi connectivity index (χ2v) is 12.8. The Morgan fingerprint density at radius 1 is 0.740 bits per heavy atom. The molecule has 0 aliphatic heterocycles. The van der Waals surface area contributed by atoms with Crippen LogP contribution in [0, 0.1) is 11.8 Å². The number of aliphatic hydroxyl groups is 1. The number of nitrogens with zero attached hydrogens (tertiary/aromatic N) is 1. The van der Waals surface area contributed by atoms with Crippen molar-refractivity contribution in [1.29, 1.82) is 0 Å². The number of nitrogens with two attached hydrogens (primary N) is 1. The lowest BCUT2D eigenvalue weighted by molar-refractivity contribution is -0.144. The summed E-state index contributed by atoms with van der Waals surface area (Å²) in [6, 6.07) is 22.4. The number of imide groups is 1. The van der Waals surface area contributed by atoms with Crippen LogP contribution in [0.3, 0.4) is 0 Å². The first-order valence-corrected chi connectivity index (χ1v) is 16.7. The molecule has 0 aliphatic rings. The first kappa shape index (κ1) is 39.4. The highest BCUT2D eigenvalue weighted by Crippen LogP contribution is 2.20. The summed E-state index contributed by atoms with van der Waals surface area (Å²) in [5, 5.41) is 26.8. The van der Waals surface area contributed by atoms with Crippen molar-refractivity contribution in [3.63, 3.8) is 0 Å². The van der Waals surface area contributed by atoms with E-state index in [1.165, 1.54) is 13.8 Å². The molecule has 0 aromatic heterocycles. The van der Waals surface area contributed by atoms with Gasteiger partial charge < -0.3 is 31.3 Å². The van der Waals surface area contributed by atoms with E-state index in [-0.39, 0.29) is 25.9 Å². The lowest BCUT2D eigenvalue weighted by atomic mass is 9.88. The molecular weight excluding hydrogens is 640 g/mol. The zero-order chi connectivity index (χ0) is 36.8. The summed E-state index contributed by atoms with van der Waals surface area (Å²) >= 11 is 0. The molecule has 12 heteroatoms. The number of carbonyl (C=O) groups excluding carboxylic acids is 4. The molecule has 0 fully saturated rings. The van der Waals surface area contributed by atoms with Crippen molar-refractivity contribution in [2.75, 3.05) is 0 Å². The van der Waals surface area contributed by atoms with E-state index in [2.05, 4.69) is 10.6 Å². The van der Waals surface area contributed by atoms with Gasteiger partial charge in [-0.15, -0.1) is 0 Å². The zero-order valence-corrected chi connectivity index (χ0v) is 28.9. The van der Waals surface area contributed by atoms with E-state index in [9.17, 15) is 34.2 Å². The molecule has 50 heavy (non-hydrogen) atoms. The molecule has 0 aliphatic carbocycles. The van der Waals surface area contributed by atoms with Gasteiger partial charge in [0.15, 0.2) is 0 Å². The van der Waals surface area contributed by atoms with Gasteiger partial charge in [-0.05, 0) is 55.7 Å². The van der Waals surface area contributed by atoms with Gasteiger partial charge in [0.25, 0.3) is 0 Å². The molecule has 4 amide bonds. The van der Waals surface area contributed by atoms with Crippen LogP contribution in [0.2, 0.25) is 0 Å². The quantitative estimate of drug-likeness (QED) is 0.142. The Bertz CT molecular complexity index is 1550. The van der Waals surface area contributed by atoms with Crippen LogP contribution in [-0.4, -0.2) is 75.2 Å². The van der Waals surface area contributed by atoms with Gasteiger partial charge in [0.2, 0.25) is 17.7 Å². The van der Waals surface area contributed by atoms with E-state index >= 15 is 0 Å². The van der Waals surface area contributed by atoms with Crippen molar-refractivity contribution < 1.29 is 38.9 Å². The Labute approximate surface area is 293 Å². The predicted octanol–water partition coefficient (Wildman–Crippen LogP) is 3.45. The van der Waals surface area contributed by atoms with Crippen LogP contribution in [0.4, 0.5) is 4.79 Å². The molecule has 1 unspecified atom stereocenters. The molecule has 3 rings (SSSR count). The normalized spacial score (nSPS) is 14.7. The van der Waals surface area contributed by atoms with Gasteiger partial charge in [0.05, 0.1) is 18.2 Å². The van der Waals surface area contributed by atoms with Crippen molar-refractivity contribution in [2.45, 2.75) is 83.8 Å². The smallest absolute Gasteiger partial charge is 0.417 e. The van der Waals surface area contributed by atoms with Gasteiger partial charge in [0, 0.05) is 5.92 Å². The van der Waals surface area contributed by atoms with Gasteiger partial charge in [0.1, 0.15) is 18.7 Å². The van der Waals surface area contributed by atoms with E-state index < -0.39 is 71.9 Å². The summed E-state index contributed by atoms with van der Waals surface area (Å²) < 4.78 is 5.38. The van der Waals surface area contributed by atoms with Crippen molar-refractivity contribution in [3.8, 4) is 0 Å². The summed E-state index contributed by atoms with van der Waals surface area (Å²) in [7, 11) is 0. The number of nitrogens with one attached hydrogen (secondary N) is 2. The van der Waals surface area contributed by atoms with E-state index in [0.717, 1.165) is 11.1 Å².